The summed E-state index contributed by atoms with van der Waals surface area (Å²) in [6.45, 7) is 2.79. The van der Waals surface area contributed by atoms with Crippen molar-refractivity contribution < 1.29 is 9.84 Å². The van der Waals surface area contributed by atoms with Crippen LogP contribution >= 0.6 is 0 Å². The Morgan fingerprint density at radius 2 is 2.30 bits per heavy atom. The molecule has 2 rings (SSSR count). The number of nitrogens with zero attached hydrogens (tertiary/aromatic N) is 1. The molecule has 0 spiro atoms. The number of phenols is 1. The fraction of sp³-hybridized carbons (Fsp3) is 0.400. The molecule has 20 heavy (non-hydrogen) atoms. The fourth-order valence-electron chi connectivity index (χ4n) is 2.24. The standard InChI is InChI=1S/C15H21N3O2/c1-10(5-3-7-16)18-12-9-13(20-2)15(19)11-6-4-8-17-14(11)12/h4,6,8-10,18-19H,3,5,7,16H2,1-2H3. The second-order valence-electron chi connectivity index (χ2n) is 4.85. The zero-order valence-corrected chi connectivity index (χ0v) is 11.9. The molecule has 1 aromatic carbocycles. The first-order chi connectivity index (χ1) is 9.67. The molecule has 1 heterocycles. The lowest BCUT2D eigenvalue weighted by atomic mass is 10.1. The number of hydrogen-bond acceptors (Lipinski definition) is 5. The van der Waals surface area contributed by atoms with E-state index in [1.807, 2.05) is 6.07 Å². The molecule has 2 aromatic rings. The Bertz CT molecular complexity index is 587. The number of aromatic nitrogens is 1. The molecule has 0 bridgehead atoms. The molecule has 1 unspecified atom stereocenters. The van der Waals surface area contributed by atoms with Crippen LogP contribution in [0.4, 0.5) is 5.69 Å². The van der Waals surface area contributed by atoms with Crippen LogP contribution in [0.1, 0.15) is 19.8 Å². The molecule has 0 aliphatic carbocycles. The Morgan fingerprint density at radius 1 is 1.50 bits per heavy atom. The van der Waals surface area contributed by atoms with E-state index in [1.54, 1.807) is 25.4 Å². The Hall–Kier alpha value is -2.01. The average Bonchev–Trinajstić information content (AvgIpc) is 2.48. The highest BCUT2D eigenvalue weighted by Gasteiger charge is 2.14. The molecule has 0 fully saturated rings. The van der Waals surface area contributed by atoms with Gasteiger partial charge in [-0.3, -0.25) is 4.98 Å². The van der Waals surface area contributed by atoms with E-state index in [9.17, 15) is 5.11 Å². The molecule has 4 N–H and O–H groups in total. The second-order valence-corrected chi connectivity index (χ2v) is 4.85. The van der Waals surface area contributed by atoms with E-state index in [0.717, 1.165) is 24.0 Å². The van der Waals surface area contributed by atoms with Crippen LogP contribution in [0.15, 0.2) is 24.4 Å². The summed E-state index contributed by atoms with van der Waals surface area (Å²) >= 11 is 0. The van der Waals surface area contributed by atoms with Gasteiger partial charge in [-0.2, -0.15) is 0 Å². The summed E-state index contributed by atoms with van der Waals surface area (Å²) < 4.78 is 5.22. The van der Waals surface area contributed by atoms with E-state index in [0.29, 0.717) is 17.7 Å². The number of ether oxygens (including phenoxy) is 1. The third kappa shape index (κ3) is 2.93. The van der Waals surface area contributed by atoms with Crippen LogP contribution in [0.5, 0.6) is 11.5 Å². The first kappa shape index (κ1) is 14.4. The quantitative estimate of drug-likeness (QED) is 0.706. The van der Waals surface area contributed by atoms with Gasteiger partial charge in [0.2, 0.25) is 0 Å². The third-order valence-electron chi connectivity index (χ3n) is 3.29. The average molecular weight is 275 g/mol. The van der Waals surface area contributed by atoms with Crippen LogP contribution in [0.25, 0.3) is 10.9 Å². The van der Waals surface area contributed by atoms with Gasteiger partial charge in [0, 0.05) is 23.7 Å². The number of nitrogens with one attached hydrogen (secondary N) is 1. The monoisotopic (exact) mass is 275 g/mol. The molecule has 0 aliphatic heterocycles. The molecule has 5 nitrogen and oxygen atoms in total. The number of benzene rings is 1. The zero-order valence-electron chi connectivity index (χ0n) is 11.9. The van der Waals surface area contributed by atoms with Crippen LogP contribution < -0.4 is 15.8 Å². The summed E-state index contributed by atoms with van der Waals surface area (Å²) in [5, 5.41) is 14.2. The smallest absolute Gasteiger partial charge is 0.167 e. The number of rotatable bonds is 6. The van der Waals surface area contributed by atoms with Crippen molar-refractivity contribution in [3.8, 4) is 11.5 Å². The number of phenolic OH excluding ortho intramolecular Hbond substituents is 1. The summed E-state index contributed by atoms with van der Waals surface area (Å²) in [5.41, 5.74) is 7.14. The van der Waals surface area contributed by atoms with Crippen molar-refractivity contribution in [3.63, 3.8) is 0 Å². The van der Waals surface area contributed by atoms with Gasteiger partial charge in [-0.15, -0.1) is 0 Å². The highest BCUT2D eigenvalue weighted by Crippen LogP contribution is 2.38. The van der Waals surface area contributed by atoms with Gasteiger partial charge < -0.3 is 20.9 Å². The van der Waals surface area contributed by atoms with Crippen LogP contribution in [0, 0.1) is 0 Å². The Labute approximate surface area is 118 Å². The van der Waals surface area contributed by atoms with Gasteiger partial charge in [-0.25, -0.2) is 0 Å². The predicted molar refractivity (Wildman–Crippen MR) is 81.3 cm³/mol. The highest BCUT2D eigenvalue weighted by molar-refractivity contribution is 5.97. The molecule has 0 saturated carbocycles. The van der Waals surface area contributed by atoms with Gasteiger partial charge in [0.05, 0.1) is 18.3 Å². The first-order valence-corrected chi connectivity index (χ1v) is 6.78. The largest absolute Gasteiger partial charge is 0.504 e. The lowest BCUT2D eigenvalue weighted by molar-refractivity contribution is 0.376. The van der Waals surface area contributed by atoms with Gasteiger partial charge in [0.25, 0.3) is 0 Å². The SMILES string of the molecule is COc1cc(NC(C)CCCN)c2ncccc2c1O. The topological polar surface area (TPSA) is 80.4 Å². The lowest BCUT2D eigenvalue weighted by Crippen LogP contribution is -2.17. The third-order valence-corrected chi connectivity index (χ3v) is 3.29. The maximum absolute atomic E-state index is 10.1. The highest BCUT2D eigenvalue weighted by atomic mass is 16.5. The number of pyridine rings is 1. The molecule has 5 heteroatoms. The minimum absolute atomic E-state index is 0.121. The number of aromatic hydroxyl groups is 1. The van der Waals surface area contributed by atoms with Crippen molar-refractivity contribution in [2.24, 2.45) is 5.73 Å². The molecular formula is C15H21N3O2. The Balaban J connectivity index is 2.39. The number of nitrogens with two attached hydrogens (primary N) is 1. The van der Waals surface area contributed by atoms with E-state index in [1.165, 1.54) is 0 Å². The number of anilines is 1. The van der Waals surface area contributed by atoms with Crippen LogP contribution in [-0.4, -0.2) is 29.8 Å². The number of methoxy groups -OCH3 is 1. The number of fused-ring (bicyclic) bond motifs is 1. The van der Waals surface area contributed by atoms with E-state index in [2.05, 4.69) is 17.2 Å². The molecule has 0 saturated heterocycles. The maximum Gasteiger partial charge on any atom is 0.167 e. The van der Waals surface area contributed by atoms with Crippen molar-refractivity contribution >= 4 is 16.6 Å². The minimum Gasteiger partial charge on any atom is -0.504 e. The van der Waals surface area contributed by atoms with E-state index >= 15 is 0 Å². The van der Waals surface area contributed by atoms with Crippen LogP contribution in [0.2, 0.25) is 0 Å². The Morgan fingerprint density at radius 3 is 3.00 bits per heavy atom. The minimum atomic E-state index is 0.121. The summed E-state index contributed by atoms with van der Waals surface area (Å²) in [6, 6.07) is 5.68. The van der Waals surface area contributed by atoms with Crippen molar-refractivity contribution in [2.75, 3.05) is 19.0 Å². The normalized spacial score (nSPS) is 12.3. The van der Waals surface area contributed by atoms with Crippen molar-refractivity contribution in [1.82, 2.24) is 4.98 Å². The predicted octanol–water partition coefficient (Wildman–Crippen LogP) is 2.49. The second kappa shape index (κ2) is 6.43. The summed E-state index contributed by atoms with van der Waals surface area (Å²) in [4.78, 5) is 4.35. The van der Waals surface area contributed by atoms with E-state index in [4.69, 9.17) is 10.5 Å². The molecule has 108 valence electrons. The van der Waals surface area contributed by atoms with Crippen LogP contribution in [-0.2, 0) is 0 Å². The van der Waals surface area contributed by atoms with Gasteiger partial charge in [-0.05, 0) is 38.4 Å². The van der Waals surface area contributed by atoms with Crippen molar-refractivity contribution in [3.05, 3.63) is 24.4 Å². The molecule has 1 atom stereocenters. The van der Waals surface area contributed by atoms with Crippen molar-refractivity contribution in [2.45, 2.75) is 25.8 Å². The molecule has 0 radical (unpaired) electrons. The fourth-order valence-corrected chi connectivity index (χ4v) is 2.24. The van der Waals surface area contributed by atoms with Gasteiger partial charge in [0.15, 0.2) is 11.5 Å². The van der Waals surface area contributed by atoms with E-state index in [-0.39, 0.29) is 11.8 Å². The maximum atomic E-state index is 10.1. The van der Waals surface area contributed by atoms with Gasteiger partial charge >= 0.3 is 0 Å². The van der Waals surface area contributed by atoms with Crippen molar-refractivity contribution in [1.29, 1.82) is 0 Å². The zero-order chi connectivity index (χ0) is 14.5. The van der Waals surface area contributed by atoms with Crippen LogP contribution in [0.3, 0.4) is 0 Å². The first-order valence-electron chi connectivity index (χ1n) is 6.78. The molecular weight excluding hydrogens is 254 g/mol. The Kier molecular flexibility index (Phi) is 4.63. The van der Waals surface area contributed by atoms with E-state index < -0.39 is 0 Å². The summed E-state index contributed by atoms with van der Waals surface area (Å²) in [6.07, 6.45) is 3.66. The van der Waals surface area contributed by atoms with Gasteiger partial charge in [-0.1, -0.05) is 0 Å². The molecule has 0 amide bonds. The van der Waals surface area contributed by atoms with Gasteiger partial charge in [0.1, 0.15) is 0 Å². The molecule has 1 aromatic heterocycles. The lowest BCUT2D eigenvalue weighted by Gasteiger charge is -2.18. The summed E-state index contributed by atoms with van der Waals surface area (Å²) in [7, 11) is 1.54. The summed E-state index contributed by atoms with van der Waals surface area (Å²) in [5.74, 6) is 0.565. The number of hydrogen-bond donors (Lipinski definition) is 3. The molecule has 0 aliphatic rings.